The van der Waals surface area contributed by atoms with Crippen molar-refractivity contribution in [1.29, 1.82) is 0 Å². The number of hydrogen-bond acceptors (Lipinski definition) is 7. The molecular weight excluding hydrogens is 289 g/mol. The Morgan fingerprint density at radius 2 is 2.27 bits per heavy atom. The van der Waals surface area contributed by atoms with Crippen LogP contribution in [0.3, 0.4) is 0 Å². The first kappa shape index (κ1) is 14.8. The molecule has 0 saturated carbocycles. The van der Waals surface area contributed by atoms with E-state index >= 15 is 0 Å². The van der Waals surface area contributed by atoms with Crippen molar-refractivity contribution in [3.63, 3.8) is 0 Å². The maximum absolute atomic E-state index is 14.6. The first-order chi connectivity index (χ1) is 10.6. The fraction of sp³-hybridized carbons (Fsp3) is 0.571. The number of ether oxygens (including phenoxy) is 1. The molecule has 2 aromatic rings. The van der Waals surface area contributed by atoms with Gasteiger partial charge in [-0.25, -0.2) is 14.4 Å². The summed E-state index contributed by atoms with van der Waals surface area (Å²) in [5.74, 6) is 0.858. The van der Waals surface area contributed by atoms with Gasteiger partial charge in [0, 0.05) is 20.1 Å². The molecule has 0 spiro atoms. The van der Waals surface area contributed by atoms with Crippen LogP contribution in [0.15, 0.2) is 10.9 Å². The highest BCUT2D eigenvalue weighted by atomic mass is 19.1. The van der Waals surface area contributed by atoms with E-state index in [0.29, 0.717) is 36.8 Å². The van der Waals surface area contributed by atoms with Crippen molar-refractivity contribution < 1.29 is 13.7 Å². The monoisotopic (exact) mass is 307 g/mol. The van der Waals surface area contributed by atoms with E-state index in [-0.39, 0.29) is 18.0 Å². The molecule has 7 nitrogen and oxygen atoms in total. The lowest BCUT2D eigenvalue weighted by atomic mass is 10.2. The first-order valence-corrected chi connectivity index (χ1v) is 7.23. The van der Waals surface area contributed by atoms with E-state index in [0.717, 1.165) is 0 Å². The van der Waals surface area contributed by atoms with Crippen molar-refractivity contribution in [3.05, 3.63) is 29.6 Å². The Hall–Kier alpha value is -2.09. The molecule has 3 rings (SSSR count). The average Bonchev–Trinajstić information content (AvgIpc) is 3.13. The largest absolute Gasteiger partial charge is 0.380 e. The van der Waals surface area contributed by atoms with Crippen LogP contribution >= 0.6 is 0 Å². The van der Waals surface area contributed by atoms with Gasteiger partial charge in [-0.2, -0.15) is 4.98 Å². The number of halogens is 1. The number of methoxy groups -OCH3 is 1. The minimum Gasteiger partial charge on any atom is -0.380 e. The molecule has 3 heterocycles. The van der Waals surface area contributed by atoms with E-state index in [1.165, 1.54) is 6.33 Å². The van der Waals surface area contributed by atoms with Crippen molar-refractivity contribution in [2.24, 2.45) is 0 Å². The maximum atomic E-state index is 14.6. The molecule has 0 aliphatic carbocycles. The molecule has 2 aromatic heterocycles. The van der Waals surface area contributed by atoms with Crippen molar-refractivity contribution in [1.82, 2.24) is 20.1 Å². The lowest BCUT2D eigenvalue weighted by Gasteiger charge is -2.23. The molecule has 1 aliphatic heterocycles. The molecule has 0 aromatic carbocycles. The second-order valence-corrected chi connectivity index (χ2v) is 5.25. The molecule has 0 radical (unpaired) electrons. The van der Waals surface area contributed by atoms with Crippen LogP contribution in [-0.2, 0) is 11.2 Å². The molecule has 0 N–H and O–H groups in total. The van der Waals surface area contributed by atoms with Crippen LogP contribution < -0.4 is 4.90 Å². The SMILES string of the molecule is CCc1ncnc(N2CC(OC)CC2c2nc(C)no2)c1F. The van der Waals surface area contributed by atoms with E-state index in [9.17, 15) is 4.39 Å². The van der Waals surface area contributed by atoms with Crippen LogP contribution in [0.2, 0.25) is 0 Å². The van der Waals surface area contributed by atoms with E-state index in [4.69, 9.17) is 9.26 Å². The summed E-state index contributed by atoms with van der Waals surface area (Å²) in [6, 6.07) is -0.250. The van der Waals surface area contributed by atoms with Gasteiger partial charge in [-0.1, -0.05) is 12.1 Å². The summed E-state index contributed by atoms with van der Waals surface area (Å²) in [6.07, 6.45) is 2.49. The van der Waals surface area contributed by atoms with Crippen molar-refractivity contribution in [3.8, 4) is 0 Å². The minimum atomic E-state index is -0.400. The van der Waals surface area contributed by atoms with E-state index < -0.39 is 5.82 Å². The van der Waals surface area contributed by atoms with Gasteiger partial charge in [0.1, 0.15) is 12.4 Å². The third-order valence-corrected chi connectivity index (χ3v) is 3.87. The van der Waals surface area contributed by atoms with Gasteiger partial charge in [0.2, 0.25) is 5.89 Å². The Labute approximate surface area is 127 Å². The highest BCUT2D eigenvalue weighted by Gasteiger charge is 2.39. The first-order valence-electron chi connectivity index (χ1n) is 7.23. The van der Waals surface area contributed by atoms with Gasteiger partial charge in [-0.3, -0.25) is 0 Å². The molecule has 8 heteroatoms. The predicted octanol–water partition coefficient (Wildman–Crippen LogP) is 1.84. The summed E-state index contributed by atoms with van der Waals surface area (Å²) in [4.78, 5) is 14.2. The number of nitrogens with zero attached hydrogens (tertiary/aromatic N) is 5. The van der Waals surface area contributed by atoms with E-state index in [1.807, 2.05) is 11.8 Å². The number of anilines is 1. The minimum absolute atomic E-state index is 0.0448. The zero-order valence-corrected chi connectivity index (χ0v) is 12.8. The second kappa shape index (κ2) is 5.96. The highest BCUT2D eigenvalue weighted by Crippen LogP contribution is 2.36. The Balaban J connectivity index is 1.99. The smallest absolute Gasteiger partial charge is 0.249 e. The van der Waals surface area contributed by atoms with Gasteiger partial charge in [0.05, 0.1) is 11.8 Å². The summed E-state index contributed by atoms with van der Waals surface area (Å²) >= 11 is 0. The van der Waals surface area contributed by atoms with Gasteiger partial charge < -0.3 is 14.2 Å². The van der Waals surface area contributed by atoms with Crippen molar-refractivity contribution in [2.75, 3.05) is 18.6 Å². The van der Waals surface area contributed by atoms with Crippen LogP contribution in [0.5, 0.6) is 0 Å². The zero-order chi connectivity index (χ0) is 15.7. The Bertz CT molecular complexity index is 662. The Morgan fingerprint density at radius 3 is 2.91 bits per heavy atom. The second-order valence-electron chi connectivity index (χ2n) is 5.25. The topological polar surface area (TPSA) is 77.2 Å². The fourth-order valence-electron chi connectivity index (χ4n) is 2.73. The molecule has 22 heavy (non-hydrogen) atoms. The summed E-state index contributed by atoms with van der Waals surface area (Å²) in [6.45, 7) is 4.12. The van der Waals surface area contributed by atoms with Crippen LogP contribution in [0.1, 0.15) is 36.8 Å². The molecule has 0 bridgehead atoms. The van der Waals surface area contributed by atoms with Gasteiger partial charge >= 0.3 is 0 Å². The quantitative estimate of drug-likeness (QED) is 0.852. The third kappa shape index (κ3) is 2.54. The molecule has 2 unspecified atom stereocenters. The average molecular weight is 307 g/mol. The van der Waals surface area contributed by atoms with Crippen LogP contribution in [0, 0.1) is 12.7 Å². The van der Waals surface area contributed by atoms with Crippen LogP contribution in [0.25, 0.3) is 0 Å². The van der Waals surface area contributed by atoms with Gasteiger partial charge in [-0.05, 0) is 13.3 Å². The fourth-order valence-corrected chi connectivity index (χ4v) is 2.73. The highest BCUT2D eigenvalue weighted by molar-refractivity contribution is 5.44. The molecule has 2 atom stereocenters. The predicted molar refractivity (Wildman–Crippen MR) is 75.9 cm³/mol. The molecule has 1 fully saturated rings. The molecule has 0 amide bonds. The molecule has 1 saturated heterocycles. The Morgan fingerprint density at radius 1 is 1.45 bits per heavy atom. The molecule has 1 aliphatic rings. The van der Waals surface area contributed by atoms with E-state index in [2.05, 4.69) is 20.1 Å². The molecule has 118 valence electrons. The lowest BCUT2D eigenvalue weighted by molar-refractivity contribution is 0.117. The summed E-state index contributed by atoms with van der Waals surface area (Å²) in [7, 11) is 1.64. The van der Waals surface area contributed by atoms with Gasteiger partial charge in [-0.15, -0.1) is 0 Å². The van der Waals surface area contributed by atoms with E-state index in [1.54, 1.807) is 14.0 Å². The van der Waals surface area contributed by atoms with Gasteiger partial charge in [0.25, 0.3) is 0 Å². The zero-order valence-electron chi connectivity index (χ0n) is 12.8. The summed E-state index contributed by atoms with van der Waals surface area (Å²) in [5, 5.41) is 3.82. The lowest BCUT2D eigenvalue weighted by Crippen LogP contribution is -2.27. The number of aromatic nitrogens is 4. The number of aryl methyl sites for hydroxylation is 2. The maximum Gasteiger partial charge on any atom is 0.249 e. The summed E-state index contributed by atoms with van der Waals surface area (Å²) < 4.78 is 25.3. The van der Waals surface area contributed by atoms with Crippen molar-refractivity contribution in [2.45, 2.75) is 38.8 Å². The number of hydrogen-bond donors (Lipinski definition) is 0. The van der Waals surface area contributed by atoms with Gasteiger partial charge in [0.15, 0.2) is 17.5 Å². The molecular formula is C14H18FN5O2. The normalized spacial score (nSPS) is 21.5. The van der Waals surface area contributed by atoms with Crippen LogP contribution in [0.4, 0.5) is 10.2 Å². The van der Waals surface area contributed by atoms with Crippen molar-refractivity contribution >= 4 is 5.82 Å². The summed E-state index contributed by atoms with van der Waals surface area (Å²) in [5.41, 5.74) is 0.395. The Kier molecular flexibility index (Phi) is 4.02. The standard InChI is InChI=1S/C14H18FN5O2/c1-4-10-12(15)13(17-7-16-10)20-6-9(21-3)5-11(20)14-18-8(2)19-22-14/h7,9,11H,4-6H2,1-3H3. The number of rotatable bonds is 4. The van der Waals surface area contributed by atoms with Crippen LogP contribution in [-0.4, -0.2) is 39.9 Å². The third-order valence-electron chi connectivity index (χ3n) is 3.87.